The molecule has 0 spiro atoms. The van der Waals surface area contributed by atoms with Crippen LogP contribution in [0, 0.1) is 0 Å². The lowest BCUT2D eigenvalue weighted by atomic mass is 10.1. The second-order valence-corrected chi connectivity index (χ2v) is 6.64. The predicted octanol–water partition coefficient (Wildman–Crippen LogP) is 5.67. The lowest BCUT2D eigenvalue weighted by molar-refractivity contribution is -0.704. The van der Waals surface area contributed by atoms with E-state index in [9.17, 15) is 0 Å². The van der Waals surface area contributed by atoms with Crippen LogP contribution in [0.25, 0.3) is 0 Å². The highest BCUT2D eigenvalue weighted by Gasteiger charge is 2.13. The van der Waals surface area contributed by atoms with Gasteiger partial charge in [0.2, 0.25) is 0 Å². The standard InChI is InChI=1S/C20H39N2/c1-4-7-9-10-11-12-13-14-15-17-22-19-18-21(16-8-5-2)20(22)6-3/h18-19H,4-17H2,1-3H3/q+1. The van der Waals surface area contributed by atoms with E-state index in [1.807, 2.05) is 0 Å². The second kappa shape index (κ2) is 12.7. The highest BCUT2D eigenvalue weighted by molar-refractivity contribution is 4.82. The highest BCUT2D eigenvalue weighted by atomic mass is 15.1. The van der Waals surface area contributed by atoms with Gasteiger partial charge in [-0.2, -0.15) is 0 Å². The van der Waals surface area contributed by atoms with Crippen LogP contribution < -0.4 is 4.57 Å². The molecule has 1 heterocycles. The fourth-order valence-electron chi connectivity index (χ4n) is 3.23. The van der Waals surface area contributed by atoms with Crippen molar-refractivity contribution in [3.8, 4) is 0 Å². The number of rotatable bonds is 14. The molecule has 0 amide bonds. The van der Waals surface area contributed by atoms with Gasteiger partial charge in [0.05, 0.1) is 13.1 Å². The van der Waals surface area contributed by atoms with Crippen molar-refractivity contribution >= 4 is 0 Å². The molecule has 0 atom stereocenters. The van der Waals surface area contributed by atoms with Crippen molar-refractivity contribution in [2.75, 3.05) is 0 Å². The Bertz CT molecular complexity index is 368. The number of imidazole rings is 1. The molecule has 0 saturated heterocycles. The zero-order chi connectivity index (χ0) is 16.0. The lowest BCUT2D eigenvalue weighted by Crippen LogP contribution is -2.37. The van der Waals surface area contributed by atoms with Gasteiger partial charge < -0.3 is 0 Å². The Balaban J connectivity index is 2.15. The minimum Gasteiger partial charge on any atom is -0.234 e. The lowest BCUT2D eigenvalue weighted by Gasteiger charge is -2.04. The minimum atomic E-state index is 1.15. The number of unbranched alkanes of at least 4 members (excludes halogenated alkanes) is 9. The van der Waals surface area contributed by atoms with E-state index in [0.29, 0.717) is 0 Å². The van der Waals surface area contributed by atoms with Gasteiger partial charge in [0.15, 0.2) is 0 Å². The molecule has 2 nitrogen and oxygen atoms in total. The second-order valence-electron chi connectivity index (χ2n) is 6.64. The molecule has 0 fully saturated rings. The monoisotopic (exact) mass is 307 g/mol. The maximum absolute atomic E-state index is 2.48. The van der Waals surface area contributed by atoms with Gasteiger partial charge in [-0.3, -0.25) is 0 Å². The molecule has 2 heteroatoms. The zero-order valence-electron chi connectivity index (χ0n) is 15.4. The molecular formula is C20H39N2+. The molecular weight excluding hydrogens is 268 g/mol. The topological polar surface area (TPSA) is 8.81 Å². The normalized spacial score (nSPS) is 11.2. The summed E-state index contributed by atoms with van der Waals surface area (Å²) in [6.07, 6.45) is 21.0. The number of nitrogens with zero attached hydrogens (tertiary/aromatic N) is 2. The van der Waals surface area contributed by atoms with E-state index in [1.54, 1.807) is 0 Å². The minimum absolute atomic E-state index is 1.15. The molecule has 0 aliphatic rings. The van der Waals surface area contributed by atoms with Crippen molar-refractivity contribution < 1.29 is 4.57 Å². The molecule has 22 heavy (non-hydrogen) atoms. The van der Waals surface area contributed by atoms with E-state index in [-0.39, 0.29) is 0 Å². The SMILES string of the molecule is CCCCCCCCCCC[n+]1ccn(CCCC)c1CC. The first-order valence-electron chi connectivity index (χ1n) is 9.90. The summed E-state index contributed by atoms with van der Waals surface area (Å²) in [6, 6.07) is 0. The summed E-state index contributed by atoms with van der Waals surface area (Å²) < 4.78 is 4.94. The average Bonchev–Trinajstić information content (AvgIpc) is 2.93. The van der Waals surface area contributed by atoms with Crippen LogP contribution in [-0.2, 0) is 19.5 Å². The summed E-state index contributed by atoms with van der Waals surface area (Å²) in [5, 5.41) is 0. The summed E-state index contributed by atoms with van der Waals surface area (Å²) in [5.74, 6) is 1.51. The van der Waals surface area contributed by atoms with Gasteiger partial charge in [0.25, 0.3) is 5.82 Å². The van der Waals surface area contributed by atoms with Crippen molar-refractivity contribution in [1.29, 1.82) is 0 Å². The predicted molar refractivity (Wildman–Crippen MR) is 96.1 cm³/mol. The van der Waals surface area contributed by atoms with E-state index >= 15 is 0 Å². The third kappa shape index (κ3) is 7.47. The number of hydrogen-bond acceptors (Lipinski definition) is 0. The molecule has 128 valence electrons. The zero-order valence-corrected chi connectivity index (χ0v) is 15.4. The first-order valence-corrected chi connectivity index (χ1v) is 9.90. The Kier molecular flexibility index (Phi) is 11.1. The third-order valence-electron chi connectivity index (χ3n) is 4.66. The van der Waals surface area contributed by atoms with Gasteiger partial charge in [-0.05, 0) is 19.3 Å². The summed E-state index contributed by atoms with van der Waals surface area (Å²) in [4.78, 5) is 0. The van der Waals surface area contributed by atoms with Crippen molar-refractivity contribution in [3.63, 3.8) is 0 Å². The van der Waals surface area contributed by atoms with E-state index in [1.165, 1.54) is 89.5 Å². The van der Waals surface area contributed by atoms with E-state index in [4.69, 9.17) is 0 Å². The van der Waals surface area contributed by atoms with E-state index in [0.717, 1.165) is 6.42 Å². The van der Waals surface area contributed by atoms with Crippen LogP contribution in [0.2, 0.25) is 0 Å². The first-order chi connectivity index (χ1) is 10.8. The van der Waals surface area contributed by atoms with Gasteiger partial charge in [-0.1, -0.05) is 72.1 Å². The Morgan fingerprint density at radius 2 is 1.36 bits per heavy atom. The molecule has 1 aromatic rings. The van der Waals surface area contributed by atoms with Crippen molar-refractivity contribution in [3.05, 3.63) is 18.2 Å². The molecule has 0 saturated carbocycles. The summed E-state index contributed by atoms with van der Waals surface area (Å²) >= 11 is 0. The number of aromatic nitrogens is 2. The summed E-state index contributed by atoms with van der Waals surface area (Å²) in [5.41, 5.74) is 0. The van der Waals surface area contributed by atoms with Gasteiger partial charge >= 0.3 is 0 Å². The van der Waals surface area contributed by atoms with E-state index in [2.05, 4.69) is 42.3 Å². The molecule has 0 aromatic carbocycles. The van der Waals surface area contributed by atoms with Crippen LogP contribution in [0.1, 0.15) is 97.2 Å². The van der Waals surface area contributed by atoms with Gasteiger partial charge in [0.1, 0.15) is 12.4 Å². The largest absolute Gasteiger partial charge is 0.256 e. The maximum atomic E-state index is 2.48. The van der Waals surface area contributed by atoms with Crippen molar-refractivity contribution in [1.82, 2.24) is 4.57 Å². The molecule has 0 N–H and O–H groups in total. The number of aryl methyl sites for hydroxylation is 2. The Morgan fingerprint density at radius 3 is 1.95 bits per heavy atom. The maximum Gasteiger partial charge on any atom is 0.256 e. The van der Waals surface area contributed by atoms with Crippen molar-refractivity contribution in [2.45, 2.75) is 111 Å². The summed E-state index contributed by atoms with van der Waals surface area (Å²) in [7, 11) is 0. The molecule has 0 aliphatic heterocycles. The number of hydrogen-bond donors (Lipinski definition) is 0. The molecule has 0 radical (unpaired) electrons. The van der Waals surface area contributed by atoms with E-state index < -0.39 is 0 Å². The molecule has 0 bridgehead atoms. The van der Waals surface area contributed by atoms with Crippen LogP contribution in [0.5, 0.6) is 0 Å². The molecule has 0 unspecified atom stereocenters. The quantitative estimate of drug-likeness (QED) is 0.309. The van der Waals surface area contributed by atoms with Crippen molar-refractivity contribution in [2.24, 2.45) is 0 Å². The van der Waals surface area contributed by atoms with Crippen LogP contribution >= 0.6 is 0 Å². The van der Waals surface area contributed by atoms with Crippen LogP contribution in [0.3, 0.4) is 0 Å². The van der Waals surface area contributed by atoms with Crippen LogP contribution in [0.15, 0.2) is 12.4 Å². The van der Waals surface area contributed by atoms with Gasteiger partial charge in [-0.25, -0.2) is 9.13 Å². The average molecular weight is 308 g/mol. The Labute approximate surface area is 138 Å². The molecule has 1 rings (SSSR count). The fourth-order valence-corrected chi connectivity index (χ4v) is 3.23. The first kappa shape index (κ1) is 19.3. The fraction of sp³-hybridized carbons (Fsp3) is 0.850. The smallest absolute Gasteiger partial charge is 0.234 e. The Morgan fingerprint density at radius 1 is 0.773 bits per heavy atom. The third-order valence-corrected chi connectivity index (χ3v) is 4.66. The Hall–Kier alpha value is -0.790. The van der Waals surface area contributed by atoms with Crippen LogP contribution in [0.4, 0.5) is 0 Å². The van der Waals surface area contributed by atoms with Gasteiger partial charge in [0, 0.05) is 6.42 Å². The molecule has 0 aliphatic carbocycles. The van der Waals surface area contributed by atoms with Crippen LogP contribution in [-0.4, -0.2) is 4.57 Å². The van der Waals surface area contributed by atoms with Gasteiger partial charge in [-0.15, -0.1) is 0 Å². The molecule has 1 aromatic heterocycles. The summed E-state index contributed by atoms with van der Waals surface area (Å²) in [6.45, 7) is 9.23. The highest BCUT2D eigenvalue weighted by Crippen LogP contribution is 2.10.